The second kappa shape index (κ2) is 8.18. The number of ether oxygens (including phenoxy) is 2. The molecule has 122 valence electrons. The van der Waals surface area contributed by atoms with Crippen LogP contribution in [0.25, 0.3) is 0 Å². The Bertz CT molecular complexity index is 698. The third-order valence-electron chi connectivity index (χ3n) is 3.41. The molecule has 3 aromatic carbocycles. The van der Waals surface area contributed by atoms with Crippen LogP contribution in [0.3, 0.4) is 0 Å². The highest BCUT2D eigenvalue weighted by Crippen LogP contribution is 2.33. The van der Waals surface area contributed by atoms with Crippen LogP contribution in [0.5, 0.6) is 11.5 Å². The van der Waals surface area contributed by atoms with E-state index in [-0.39, 0.29) is 0 Å². The van der Waals surface area contributed by atoms with Gasteiger partial charge in [0.2, 0.25) is 0 Å². The van der Waals surface area contributed by atoms with Crippen molar-refractivity contribution in [3.63, 3.8) is 0 Å². The molecule has 3 aromatic rings. The maximum Gasteiger partial charge on any atom is 0.118 e. The van der Waals surface area contributed by atoms with Crippen LogP contribution in [0.15, 0.2) is 92.4 Å². The SMILES string of the molecule is COc1ccc(Sc2ccc(Sc3ccc(OC)cc3)cc2)cc1. The van der Waals surface area contributed by atoms with Gasteiger partial charge >= 0.3 is 0 Å². The third kappa shape index (κ3) is 4.49. The Morgan fingerprint density at radius 3 is 0.958 bits per heavy atom. The zero-order chi connectivity index (χ0) is 16.8. The van der Waals surface area contributed by atoms with Crippen LogP contribution in [0.4, 0.5) is 0 Å². The van der Waals surface area contributed by atoms with E-state index in [2.05, 4.69) is 48.5 Å². The van der Waals surface area contributed by atoms with E-state index < -0.39 is 0 Å². The molecule has 2 nitrogen and oxygen atoms in total. The van der Waals surface area contributed by atoms with Gasteiger partial charge in [0, 0.05) is 19.6 Å². The van der Waals surface area contributed by atoms with E-state index >= 15 is 0 Å². The van der Waals surface area contributed by atoms with Gasteiger partial charge in [-0.1, -0.05) is 23.5 Å². The first-order valence-electron chi connectivity index (χ1n) is 7.51. The molecule has 4 heteroatoms. The molecular formula is C20H18O2S2. The van der Waals surface area contributed by atoms with Crippen LogP contribution < -0.4 is 9.47 Å². The molecule has 0 bridgehead atoms. The Morgan fingerprint density at radius 1 is 0.458 bits per heavy atom. The fraction of sp³-hybridized carbons (Fsp3) is 0.100. The molecule has 24 heavy (non-hydrogen) atoms. The van der Waals surface area contributed by atoms with E-state index in [9.17, 15) is 0 Å². The Labute approximate surface area is 151 Å². The van der Waals surface area contributed by atoms with Crippen molar-refractivity contribution >= 4 is 23.5 Å². The first-order valence-corrected chi connectivity index (χ1v) is 9.14. The minimum absolute atomic E-state index is 0.880. The van der Waals surface area contributed by atoms with E-state index in [0.717, 1.165) is 11.5 Å². The van der Waals surface area contributed by atoms with E-state index in [1.807, 2.05) is 24.3 Å². The second-order valence-electron chi connectivity index (χ2n) is 5.03. The zero-order valence-electron chi connectivity index (χ0n) is 13.6. The van der Waals surface area contributed by atoms with Crippen LogP contribution in [0, 0.1) is 0 Å². The number of methoxy groups -OCH3 is 2. The van der Waals surface area contributed by atoms with Gasteiger partial charge in [0.05, 0.1) is 14.2 Å². The summed E-state index contributed by atoms with van der Waals surface area (Å²) in [6.07, 6.45) is 0. The molecule has 0 spiro atoms. The summed E-state index contributed by atoms with van der Waals surface area (Å²) in [7, 11) is 3.36. The molecule has 0 saturated heterocycles. The first-order chi connectivity index (χ1) is 11.8. The van der Waals surface area contributed by atoms with Crippen LogP contribution in [0.2, 0.25) is 0 Å². The van der Waals surface area contributed by atoms with Crippen molar-refractivity contribution in [2.24, 2.45) is 0 Å². The Kier molecular flexibility index (Phi) is 5.72. The van der Waals surface area contributed by atoms with Crippen molar-refractivity contribution in [2.45, 2.75) is 19.6 Å². The van der Waals surface area contributed by atoms with E-state index in [4.69, 9.17) is 9.47 Å². The lowest BCUT2D eigenvalue weighted by molar-refractivity contribution is 0.414. The van der Waals surface area contributed by atoms with Crippen LogP contribution in [-0.4, -0.2) is 14.2 Å². The van der Waals surface area contributed by atoms with Gasteiger partial charge in [0.25, 0.3) is 0 Å². The highest BCUT2D eigenvalue weighted by Gasteiger charge is 2.01. The van der Waals surface area contributed by atoms with Gasteiger partial charge in [0.1, 0.15) is 11.5 Å². The van der Waals surface area contributed by atoms with Crippen molar-refractivity contribution < 1.29 is 9.47 Å². The van der Waals surface area contributed by atoms with Crippen molar-refractivity contribution in [3.05, 3.63) is 72.8 Å². The lowest BCUT2D eigenvalue weighted by atomic mass is 10.3. The average Bonchev–Trinajstić information content (AvgIpc) is 2.65. The molecule has 0 atom stereocenters. The van der Waals surface area contributed by atoms with Gasteiger partial charge in [-0.25, -0.2) is 0 Å². The summed E-state index contributed by atoms with van der Waals surface area (Å²) in [6, 6.07) is 24.8. The summed E-state index contributed by atoms with van der Waals surface area (Å²) in [4.78, 5) is 4.84. The third-order valence-corrected chi connectivity index (χ3v) is 5.45. The van der Waals surface area contributed by atoms with Crippen molar-refractivity contribution in [2.75, 3.05) is 14.2 Å². The quantitative estimate of drug-likeness (QED) is 0.539. The maximum absolute atomic E-state index is 5.19. The fourth-order valence-electron chi connectivity index (χ4n) is 2.14. The summed E-state index contributed by atoms with van der Waals surface area (Å²) >= 11 is 3.49. The second-order valence-corrected chi connectivity index (χ2v) is 7.32. The van der Waals surface area contributed by atoms with Crippen LogP contribution in [-0.2, 0) is 0 Å². The van der Waals surface area contributed by atoms with Crippen molar-refractivity contribution in [1.29, 1.82) is 0 Å². The molecule has 3 rings (SSSR count). The van der Waals surface area contributed by atoms with Crippen LogP contribution >= 0.6 is 23.5 Å². The highest BCUT2D eigenvalue weighted by molar-refractivity contribution is 7.99. The maximum atomic E-state index is 5.19. The van der Waals surface area contributed by atoms with E-state index in [0.29, 0.717) is 0 Å². The summed E-state index contributed by atoms with van der Waals surface area (Å²) < 4.78 is 10.4. The lowest BCUT2D eigenvalue weighted by Gasteiger charge is -2.06. The summed E-state index contributed by atoms with van der Waals surface area (Å²) in [6.45, 7) is 0. The van der Waals surface area contributed by atoms with Gasteiger partial charge in [0.15, 0.2) is 0 Å². The standard InChI is InChI=1S/C20H18O2S2/c1-21-15-3-7-17(8-4-15)23-19-11-13-20(14-12-19)24-18-9-5-16(22-2)6-10-18/h3-14H,1-2H3. The largest absolute Gasteiger partial charge is 0.497 e. The van der Waals surface area contributed by atoms with E-state index in [1.54, 1.807) is 37.7 Å². The zero-order valence-corrected chi connectivity index (χ0v) is 15.2. The Balaban J connectivity index is 1.63. The van der Waals surface area contributed by atoms with E-state index in [1.165, 1.54) is 19.6 Å². The molecule has 0 saturated carbocycles. The predicted molar refractivity (Wildman–Crippen MR) is 101 cm³/mol. The molecule has 0 unspecified atom stereocenters. The molecular weight excluding hydrogens is 336 g/mol. The Hall–Kier alpha value is -2.04. The average molecular weight is 354 g/mol. The number of benzene rings is 3. The van der Waals surface area contributed by atoms with Gasteiger partial charge in [-0.05, 0) is 72.8 Å². The van der Waals surface area contributed by atoms with Crippen LogP contribution in [0.1, 0.15) is 0 Å². The minimum atomic E-state index is 0.880. The lowest BCUT2D eigenvalue weighted by Crippen LogP contribution is -1.82. The van der Waals surface area contributed by atoms with Gasteiger partial charge in [-0.2, -0.15) is 0 Å². The van der Waals surface area contributed by atoms with Gasteiger partial charge in [-0.3, -0.25) is 0 Å². The first kappa shape index (κ1) is 16.8. The molecule has 0 aliphatic heterocycles. The highest BCUT2D eigenvalue weighted by atomic mass is 32.2. The summed E-state index contributed by atoms with van der Waals surface area (Å²) in [5, 5.41) is 0. The summed E-state index contributed by atoms with van der Waals surface area (Å²) in [5.74, 6) is 1.76. The predicted octanol–water partition coefficient (Wildman–Crippen LogP) is 6.01. The molecule has 0 amide bonds. The van der Waals surface area contributed by atoms with Gasteiger partial charge < -0.3 is 9.47 Å². The van der Waals surface area contributed by atoms with Crippen molar-refractivity contribution in [3.8, 4) is 11.5 Å². The minimum Gasteiger partial charge on any atom is -0.497 e. The molecule has 0 radical (unpaired) electrons. The van der Waals surface area contributed by atoms with Gasteiger partial charge in [-0.15, -0.1) is 0 Å². The molecule has 0 aromatic heterocycles. The molecule has 0 fully saturated rings. The number of hydrogen-bond acceptors (Lipinski definition) is 4. The molecule has 0 N–H and O–H groups in total. The Morgan fingerprint density at radius 2 is 0.708 bits per heavy atom. The number of rotatable bonds is 6. The normalized spacial score (nSPS) is 10.4. The number of hydrogen-bond donors (Lipinski definition) is 0. The topological polar surface area (TPSA) is 18.5 Å². The molecule has 0 aliphatic carbocycles. The smallest absolute Gasteiger partial charge is 0.118 e. The van der Waals surface area contributed by atoms with Crippen molar-refractivity contribution in [1.82, 2.24) is 0 Å². The molecule has 0 heterocycles. The fourth-order valence-corrected chi connectivity index (χ4v) is 3.77. The monoisotopic (exact) mass is 354 g/mol. The molecule has 0 aliphatic rings. The summed E-state index contributed by atoms with van der Waals surface area (Å²) in [5.41, 5.74) is 0.